The topological polar surface area (TPSA) is 91.1 Å². The van der Waals surface area contributed by atoms with Crippen LogP contribution in [-0.2, 0) is 25.4 Å². The van der Waals surface area contributed by atoms with Crippen LogP contribution in [0.25, 0.3) is 28.0 Å². The van der Waals surface area contributed by atoms with E-state index in [9.17, 15) is 4.79 Å². The van der Waals surface area contributed by atoms with Gasteiger partial charge in [0, 0.05) is 47.9 Å². The average molecular weight is 610 g/mol. The van der Waals surface area contributed by atoms with Crippen molar-refractivity contribution in [2.24, 2.45) is 0 Å². The van der Waals surface area contributed by atoms with E-state index in [4.69, 9.17) is 29.3 Å². The fraction of sp³-hybridized carbons (Fsp3) is 0.444. The standard InChI is InChI=1S/C36H43N5O4/c1-24-31(32(34(42)43-6)45-35(2,3)4)33-40-19-16-36(5,17-20-40)44-21-9-7-8-15-28-27(14-11-18-37-28)25-12-10-13-26(22-25)29-23-30(38-24)41(33)39-29/h7,9-14,18,22-23,32H,8,15-17,19-21H2,1-6H3/t32-/m0/s1. The number of esters is 1. The Kier molecular flexibility index (Phi) is 8.50. The van der Waals surface area contributed by atoms with Crippen LogP contribution in [-0.4, -0.2) is 63.6 Å². The van der Waals surface area contributed by atoms with Gasteiger partial charge in [-0.1, -0.05) is 36.4 Å². The molecule has 0 saturated carbocycles. The van der Waals surface area contributed by atoms with E-state index in [0.717, 1.165) is 72.7 Å². The number of piperidine rings is 1. The van der Waals surface area contributed by atoms with Gasteiger partial charge in [0.15, 0.2) is 11.8 Å². The molecule has 6 bridgehead atoms. The van der Waals surface area contributed by atoms with E-state index in [0.29, 0.717) is 23.5 Å². The molecule has 0 amide bonds. The first-order chi connectivity index (χ1) is 21.5. The predicted octanol–water partition coefficient (Wildman–Crippen LogP) is 6.67. The summed E-state index contributed by atoms with van der Waals surface area (Å²) in [6, 6.07) is 14.5. The van der Waals surface area contributed by atoms with Crippen LogP contribution in [0.1, 0.15) is 70.0 Å². The largest absolute Gasteiger partial charge is 0.467 e. The zero-order valence-electron chi connectivity index (χ0n) is 27.2. The van der Waals surface area contributed by atoms with Gasteiger partial charge in [0.25, 0.3) is 0 Å². The van der Waals surface area contributed by atoms with Gasteiger partial charge in [-0.25, -0.2) is 9.78 Å². The minimum Gasteiger partial charge on any atom is -0.467 e. The van der Waals surface area contributed by atoms with Crippen molar-refractivity contribution in [2.75, 3.05) is 31.7 Å². The second-order valence-corrected chi connectivity index (χ2v) is 13.2. The van der Waals surface area contributed by atoms with Crippen molar-refractivity contribution >= 4 is 17.4 Å². The highest BCUT2D eigenvalue weighted by Crippen LogP contribution is 2.39. The summed E-state index contributed by atoms with van der Waals surface area (Å²) >= 11 is 0. The Hall–Kier alpha value is -4.08. The van der Waals surface area contributed by atoms with E-state index in [1.54, 1.807) is 0 Å². The number of benzene rings is 1. The molecule has 1 fully saturated rings. The minimum atomic E-state index is -0.974. The summed E-state index contributed by atoms with van der Waals surface area (Å²) in [5, 5.41) is 5.15. The Labute approximate surface area is 265 Å². The molecule has 4 aromatic rings. The first-order valence-electron chi connectivity index (χ1n) is 15.8. The molecule has 236 valence electrons. The predicted molar refractivity (Wildman–Crippen MR) is 175 cm³/mol. The number of nitrogens with zero attached hydrogens (tertiary/aromatic N) is 5. The van der Waals surface area contributed by atoms with Gasteiger partial charge in [-0.2, -0.15) is 9.61 Å². The number of anilines is 1. The lowest BCUT2D eigenvalue weighted by Crippen LogP contribution is -2.45. The summed E-state index contributed by atoms with van der Waals surface area (Å²) < 4.78 is 20.0. The molecule has 7 rings (SSSR count). The third-order valence-electron chi connectivity index (χ3n) is 8.68. The summed E-state index contributed by atoms with van der Waals surface area (Å²) in [5.74, 6) is 0.333. The van der Waals surface area contributed by atoms with Gasteiger partial charge in [-0.05, 0) is 78.0 Å². The molecule has 3 aliphatic rings. The highest BCUT2D eigenvalue weighted by atomic mass is 16.6. The number of pyridine rings is 1. The van der Waals surface area contributed by atoms with Crippen LogP contribution >= 0.6 is 0 Å². The van der Waals surface area contributed by atoms with E-state index >= 15 is 0 Å². The molecule has 3 aromatic heterocycles. The maximum atomic E-state index is 13.3. The Morgan fingerprint density at radius 3 is 2.60 bits per heavy atom. The Bertz CT molecular complexity index is 1730. The second kappa shape index (κ2) is 12.4. The van der Waals surface area contributed by atoms with Crippen LogP contribution in [0.5, 0.6) is 0 Å². The van der Waals surface area contributed by atoms with E-state index in [2.05, 4.69) is 54.3 Å². The lowest BCUT2D eigenvalue weighted by atomic mass is 9.92. The molecule has 9 heteroatoms. The number of methoxy groups -OCH3 is 1. The molecule has 0 N–H and O–H groups in total. The zero-order chi connectivity index (χ0) is 31.8. The fourth-order valence-electron chi connectivity index (χ4n) is 6.29. The van der Waals surface area contributed by atoms with Crippen molar-refractivity contribution in [3.63, 3.8) is 0 Å². The fourth-order valence-corrected chi connectivity index (χ4v) is 6.29. The molecular weight excluding hydrogens is 566 g/mol. The van der Waals surface area contributed by atoms with Crippen LogP contribution in [0.2, 0.25) is 0 Å². The van der Waals surface area contributed by atoms with Crippen molar-refractivity contribution in [2.45, 2.75) is 77.6 Å². The minimum absolute atomic E-state index is 0.267. The summed E-state index contributed by atoms with van der Waals surface area (Å²) in [6.07, 6.45) is 8.56. The molecule has 0 aliphatic carbocycles. The van der Waals surface area contributed by atoms with Gasteiger partial charge in [0.2, 0.25) is 0 Å². The van der Waals surface area contributed by atoms with Gasteiger partial charge in [-0.3, -0.25) is 4.98 Å². The number of hydrogen-bond donors (Lipinski definition) is 0. The second-order valence-electron chi connectivity index (χ2n) is 13.2. The quantitative estimate of drug-likeness (QED) is 0.188. The van der Waals surface area contributed by atoms with Crippen molar-refractivity contribution in [3.05, 3.63) is 77.8 Å². The summed E-state index contributed by atoms with van der Waals surface area (Å²) in [5.41, 5.74) is 6.24. The number of fused-ring (bicyclic) bond motifs is 6. The van der Waals surface area contributed by atoms with Crippen LogP contribution < -0.4 is 4.90 Å². The van der Waals surface area contributed by atoms with Crippen molar-refractivity contribution in [1.29, 1.82) is 0 Å². The molecule has 3 aliphatic heterocycles. The Morgan fingerprint density at radius 1 is 1.07 bits per heavy atom. The summed E-state index contributed by atoms with van der Waals surface area (Å²) in [6.45, 7) is 11.9. The molecule has 45 heavy (non-hydrogen) atoms. The van der Waals surface area contributed by atoms with Crippen molar-refractivity contribution < 1.29 is 19.0 Å². The van der Waals surface area contributed by atoms with E-state index in [1.807, 2.05) is 50.5 Å². The molecule has 1 saturated heterocycles. The van der Waals surface area contributed by atoms with Gasteiger partial charge in [0.1, 0.15) is 5.82 Å². The zero-order valence-corrected chi connectivity index (χ0v) is 27.2. The third kappa shape index (κ3) is 6.51. The average Bonchev–Trinajstić information content (AvgIpc) is 3.44. The number of hydrogen-bond acceptors (Lipinski definition) is 8. The Morgan fingerprint density at radius 2 is 1.84 bits per heavy atom. The molecule has 0 spiro atoms. The van der Waals surface area contributed by atoms with E-state index in [1.165, 1.54) is 7.11 Å². The van der Waals surface area contributed by atoms with Crippen LogP contribution in [0.15, 0.2) is 60.8 Å². The number of carbonyl (C=O) groups excluding carboxylic acids is 1. The molecule has 0 unspecified atom stereocenters. The first kappa shape index (κ1) is 30.9. The number of allylic oxidation sites excluding steroid dienone is 1. The van der Waals surface area contributed by atoms with Gasteiger partial charge in [-0.15, -0.1) is 0 Å². The number of aryl methyl sites for hydroxylation is 2. The number of aromatic nitrogens is 4. The van der Waals surface area contributed by atoms with Crippen LogP contribution in [0.3, 0.4) is 0 Å². The lowest BCUT2D eigenvalue weighted by molar-refractivity contribution is -0.164. The highest BCUT2D eigenvalue weighted by Gasteiger charge is 2.38. The maximum Gasteiger partial charge on any atom is 0.339 e. The number of ether oxygens (including phenoxy) is 3. The molecular formula is C36H43N5O4. The number of carbonyl (C=O) groups is 1. The van der Waals surface area contributed by atoms with Crippen LogP contribution in [0, 0.1) is 6.92 Å². The maximum absolute atomic E-state index is 13.3. The SMILES string of the molecule is COC(=O)[C@@H](OC(C)(C)C)c1c(C)nc2cc3nn2c1N1CCC(C)(CC1)OCC=CCCc1ncccc1-c1cccc-3c1. The van der Waals surface area contributed by atoms with Crippen molar-refractivity contribution in [3.8, 4) is 22.4 Å². The lowest BCUT2D eigenvalue weighted by Gasteiger charge is -2.41. The molecule has 1 atom stereocenters. The first-order valence-corrected chi connectivity index (χ1v) is 15.8. The monoisotopic (exact) mass is 609 g/mol. The Balaban J connectivity index is 1.56. The molecule has 9 nitrogen and oxygen atoms in total. The molecule has 6 heterocycles. The highest BCUT2D eigenvalue weighted by molar-refractivity contribution is 5.81. The van der Waals surface area contributed by atoms with E-state index in [-0.39, 0.29) is 5.60 Å². The van der Waals surface area contributed by atoms with Gasteiger partial charge >= 0.3 is 5.97 Å². The smallest absolute Gasteiger partial charge is 0.339 e. The van der Waals surface area contributed by atoms with Gasteiger partial charge < -0.3 is 19.1 Å². The van der Waals surface area contributed by atoms with E-state index < -0.39 is 17.7 Å². The van der Waals surface area contributed by atoms with Gasteiger partial charge in [0.05, 0.1) is 36.2 Å². The summed E-state index contributed by atoms with van der Waals surface area (Å²) in [4.78, 5) is 25.3. The normalized spacial score (nSPS) is 17.4. The third-order valence-corrected chi connectivity index (χ3v) is 8.68. The summed E-state index contributed by atoms with van der Waals surface area (Å²) in [7, 11) is 1.39. The molecule has 1 aromatic carbocycles. The molecule has 0 radical (unpaired) electrons. The van der Waals surface area contributed by atoms with Crippen LogP contribution in [0.4, 0.5) is 5.82 Å². The number of rotatable bonds is 3. The van der Waals surface area contributed by atoms with Crippen molar-refractivity contribution in [1.82, 2.24) is 19.6 Å².